The molecular formula is C100H42FN2O3P. The lowest BCUT2D eigenvalue weighted by molar-refractivity contribution is 0.0937. The van der Waals surface area contributed by atoms with E-state index in [2.05, 4.69) is 181 Å². The van der Waals surface area contributed by atoms with Crippen molar-refractivity contribution in [3.05, 3.63) is 210 Å². The maximum atomic E-state index is 19.7. The number of hydrogen-bond acceptors (Lipinski definition) is 5. The van der Waals surface area contributed by atoms with Crippen molar-refractivity contribution in [2.45, 2.75) is 63.2 Å². The number of ketones is 1. The smallest absolute Gasteiger partial charge is 0.195 e. The maximum Gasteiger partial charge on any atom is 0.195 e. The van der Waals surface area contributed by atoms with E-state index < -0.39 is 28.5 Å². The summed E-state index contributed by atoms with van der Waals surface area (Å²) < 4.78 is 0. The minimum Gasteiger partial charge on any atom is -0.292 e. The quantitative estimate of drug-likeness (QED) is 0.0975. The summed E-state index contributed by atoms with van der Waals surface area (Å²) in [6.45, 7) is 10.1. The molecule has 482 valence electrons. The van der Waals surface area contributed by atoms with Crippen LogP contribution in [0.25, 0.3) is 280 Å². The summed E-state index contributed by atoms with van der Waals surface area (Å²) in [6.07, 6.45) is 4.76. The molecule has 2 aromatic heterocycles. The predicted octanol–water partition coefficient (Wildman–Crippen LogP) is 23.0. The fraction of sp³-hybridized carbons (Fsp3) is 0.100. The highest BCUT2D eigenvalue weighted by Crippen LogP contribution is 2.79. The first-order valence-electron chi connectivity index (χ1n) is 38.0. The van der Waals surface area contributed by atoms with Gasteiger partial charge in [0.25, 0.3) is 0 Å². The van der Waals surface area contributed by atoms with E-state index in [1.165, 1.54) is 215 Å². The Morgan fingerprint density at radius 1 is 0.252 bits per heavy atom. The molecule has 5 nitrogen and oxygen atoms in total. The van der Waals surface area contributed by atoms with Crippen LogP contribution in [0, 0.1) is 4.94 Å². The highest BCUT2D eigenvalue weighted by atomic mass is 31.2. The standard InChI is InChI=1S/C100H41N2O3P.FH/c1-97(2,3)33-24-16-26-35(101-33)99-28-29-100(36-27-17-25-34(102-36)98(4,5)6)92-84-74-64-55-46-41-37-38-40-44-50-43(38)49-45-39(37)42(46)51-54-53(45)65-59(49)66-60(50)68-61-52(44)62-56-47(40)48(41)57-63(55)73(74)83(91(92)99)79(69(56)57)82-72(62)71(61)81-87(78(68)77(66)85-75(65)76-67(54)70(58(51)64)80(84)88(96(100)105)86(76)93(85)103)95(94(104)89(81)90(82)99)106(30-18-10-7-11-19-30,31-20-12-8-13-21-31)32-22-14-9-15-23-32;/h7-29H,1-6H3;1H. The lowest BCUT2D eigenvalue weighted by Crippen LogP contribution is -2.47. The van der Waals surface area contributed by atoms with Crippen molar-refractivity contribution in [3.8, 4) is 0 Å². The van der Waals surface area contributed by atoms with Gasteiger partial charge in [0.15, 0.2) is 16.6 Å². The first kappa shape index (κ1) is 51.0. The molecule has 0 amide bonds. The number of halogens is 1. The summed E-state index contributed by atoms with van der Waals surface area (Å²) in [5, 5.41) is 67.4. The van der Waals surface area contributed by atoms with Gasteiger partial charge < -0.3 is 0 Å². The number of pyridine rings is 2. The Kier molecular flexibility index (Phi) is 6.45. The average molecular weight is 1370 g/mol. The molecule has 0 aliphatic heterocycles. The molecule has 35 rings (SSSR count). The van der Waals surface area contributed by atoms with Gasteiger partial charge in [-0.05, 0) is 177 Å². The summed E-state index contributed by atoms with van der Waals surface area (Å²) in [5.41, 5.74) is 3.15. The number of fused-ring (bicyclic) bond motifs is 6. The third kappa shape index (κ3) is 3.81. The maximum absolute atomic E-state index is 19.7. The summed E-state index contributed by atoms with van der Waals surface area (Å²) in [4.78, 5) is 70.5. The van der Waals surface area contributed by atoms with Gasteiger partial charge in [0.2, 0.25) is 0 Å². The third-order valence-corrected chi connectivity index (χ3v) is 35.4. The summed E-state index contributed by atoms with van der Waals surface area (Å²) in [7, 11) is 0. The molecule has 0 saturated heterocycles. The van der Waals surface area contributed by atoms with Crippen molar-refractivity contribution < 1.29 is 9.50 Å². The Morgan fingerprint density at radius 3 is 0.897 bits per heavy atom. The van der Waals surface area contributed by atoms with Crippen LogP contribution in [0.5, 0.6) is 0 Å². The van der Waals surface area contributed by atoms with Gasteiger partial charge in [-0.15, -0.1) is 0 Å². The lowest BCUT2D eigenvalue weighted by Gasteiger charge is -2.48. The number of allylic oxidation sites excluding steroid dienone is 2. The Bertz CT molecular complexity index is 9930. The number of rotatable bonds is 5. The van der Waals surface area contributed by atoms with Gasteiger partial charge in [-0.2, -0.15) is 0 Å². The van der Waals surface area contributed by atoms with Crippen molar-refractivity contribution in [1.29, 1.82) is 0 Å². The van der Waals surface area contributed by atoms with E-state index in [0.29, 0.717) is 16.6 Å². The van der Waals surface area contributed by atoms with Crippen LogP contribution >= 0.6 is 6.89 Å². The average Bonchev–Trinajstić information content (AvgIpc) is 1.40. The second-order valence-electron chi connectivity index (χ2n) is 36.3. The van der Waals surface area contributed by atoms with Crippen LogP contribution in [0.3, 0.4) is 0 Å². The SMILES string of the molecule is CC(C)(C)c1cccc(C23C=CC4(c5cccc(C(C)(C)C)n5)c5c2c2c6c(c7c(=O)c8c9c%10c%11c(=P(c%12ccccc%12)(c%12ccccc%12)c%12ccccc%12)c(=O)c%12c4c4c%13c5c5c2c2c%14c6c6c7c8c7c8c9c9c%10c%10c(c%12%11)c4c4c%11c%13c%12c5c2c2c5c%14c6c7c6c8c7c9c(c4%10)c4c%11c%12c2c(c56)c74)C3=O)n1.F. The molecule has 0 N–H and O–H groups in total. The first-order chi connectivity index (χ1) is 51.8. The summed E-state index contributed by atoms with van der Waals surface area (Å²) in [5.74, 6) is -0.0889. The monoisotopic (exact) mass is 1370 g/mol. The topological polar surface area (TPSA) is 77.0 Å². The van der Waals surface area contributed by atoms with Gasteiger partial charge in [0.1, 0.15) is 5.41 Å². The number of benzene rings is 20. The van der Waals surface area contributed by atoms with Crippen LogP contribution in [-0.4, -0.2) is 15.8 Å². The van der Waals surface area contributed by atoms with E-state index in [4.69, 9.17) is 9.97 Å². The molecule has 3 aliphatic rings. The molecule has 2 unspecified atom stereocenters. The van der Waals surface area contributed by atoms with Gasteiger partial charge in [-0.3, -0.25) is 29.1 Å². The van der Waals surface area contributed by atoms with Crippen LogP contribution in [-0.2, 0) is 21.7 Å². The van der Waals surface area contributed by atoms with E-state index in [9.17, 15) is 0 Å². The van der Waals surface area contributed by atoms with Crippen LogP contribution < -0.4 is 26.8 Å². The minimum atomic E-state index is -3.40. The fourth-order valence-corrected chi connectivity index (χ4v) is 33.1. The predicted molar refractivity (Wildman–Crippen MR) is 447 cm³/mol. The Balaban J connectivity index is 0.00000560. The molecule has 107 heavy (non-hydrogen) atoms. The number of carbonyl (C=O) groups excluding carboxylic acids is 1. The largest absolute Gasteiger partial charge is 0.292 e. The van der Waals surface area contributed by atoms with Crippen molar-refractivity contribution in [2.24, 2.45) is 0 Å². The fourth-order valence-electron chi connectivity index (χ4n) is 28.6. The van der Waals surface area contributed by atoms with Crippen LogP contribution in [0.2, 0.25) is 0 Å². The lowest BCUT2D eigenvalue weighted by atomic mass is 9.52. The first-order valence-corrected chi connectivity index (χ1v) is 39.8. The molecular weight excluding hydrogens is 1330 g/mol. The zero-order chi connectivity index (χ0) is 67.9. The number of aromatic nitrogens is 2. The highest BCUT2D eigenvalue weighted by Gasteiger charge is 2.61. The van der Waals surface area contributed by atoms with Crippen LogP contribution in [0.15, 0.2) is 149 Å². The molecule has 30 aromatic carbocycles. The van der Waals surface area contributed by atoms with Crippen molar-refractivity contribution >= 4 is 309 Å². The minimum absolute atomic E-state index is 0. The Hall–Kier alpha value is -12.3. The van der Waals surface area contributed by atoms with Gasteiger partial charge in [0, 0.05) is 200 Å². The van der Waals surface area contributed by atoms with E-state index in [0.717, 1.165) is 114 Å². The molecule has 0 fully saturated rings. The van der Waals surface area contributed by atoms with E-state index in [-0.39, 0.29) is 21.3 Å². The molecule has 0 bridgehead atoms. The molecule has 0 saturated carbocycles. The second-order valence-corrected chi connectivity index (χ2v) is 39.6. The van der Waals surface area contributed by atoms with E-state index >= 15 is 14.4 Å². The Labute approximate surface area is 597 Å². The molecule has 0 spiro atoms. The van der Waals surface area contributed by atoms with Crippen molar-refractivity contribution in [1.82, 2.24) is 9.97 Å². The van der Waals surface area contributed by atoms with Gasteiger partial charge in [-0.25, -0.2) is 0 Å². The van der Waals surface area contributed by atoms with E-state index in [1.807, 2.05) is 0 Å². The molecule has 2 heterocycles. The van der Waals surface area contributed by atoms with Crippen molar-refractivity contribution in [3.63, 3.8) is 0 Å². The van der Waals surface area contributed by atoms with Crippen LogP contribution in [0.4, 0.5) is 4.70 Å². The summed E-state index contributed by atoms with van der Waals surface area (Å²) >= 11 is 0. The normalized spacial score (nSPS) is 18.6. The highest BCUT2D eigenvalue weighted by molar-refractivity contribution is 7.89. The van der Waals surface area contributed by atoms with Gasteiger partial charge >= 0.3 is 0 Å². The number of carbonyl (C=O) groups is 1. The third-order valence-electron chi connectivity index (χ3n) is 31.1. The number of Topliss-reactive ketones (excluding diaryl/α,β-unsaturated/α-hetero) is 1. The zero-order valence-corrected chi connectivity index (χ0v) is 58.6. The molecule has 7 heteroatoms. The number of hydrogen-bond donors (Lipinski definition) is 0. The molecule has 2 atom stereocenters. The van der Waals surface area contributed by atoms with Gasteiger partial charge in [-0.1, -0.05) is 157 Å². The Morgan fingerprint density at radius 2 is 0.523 bits per heavy atom. The second kappa shape index (κ2) is 13.5. The summed E-state index contributed by atoms with van der Waals surface area (Å²) in [6, 6.07) is 46.7. The molecule has 0 radical (unpaired) electrons. The zero-order valence-electron chi connectivity index (χ0n) is 57.8. The van der Waals surface area contributed by atoms with Gasteiger partial charge in [0.05, 0.1) is 16.8 Å². The number of nitrogens with zero attached hydrogens (tertiary/aromatic N) is 2. The molecule has 32 aromatic rings. The molecule has 3 aliphatic carbocycles. The van der Waals surface area contributed by atoms with Crippen LogP contribution in [0.1, 0.15) is 91.4 Å². The van der Waals surface area contributed by atoms with E-state index in [1.54, 1.807) is 0 Å². The van der Waals surface area contributed by atoms with Crippen molar-refractivity contribution in [2.75, 3.05) is 0 Å².